The lowest BCUT2D eigenvalue weighted by Gasteiger charge is -2.41. The number of hydrogen-bond acceptors (Lipinski definition) is 4. The highest BCUT2D eigenvalue weighted by Gasteiger charge is 2.33. The van der Waals surface area contributed by atoms with Crippen molar-refractivity contribution in [2.45, 2.75) is 77.4 Å². The van der Waals surface area contributed by atoms with Crippen molar-refractivity contribution in [3.63, 3.8) is 0 Å². The predicted octanol–water partition coefficient (Wildman–Crippen LogP) is 3.73. The summed E-state index contributed by atoms with van der Waals surface area (Å²) < 4.78 is 0. The minimum Gasteiger partial charge on any atom is -0.337 e. The molecule has 1 aliphatic carbocycles. The molecule has 0 bridgehead atoms. The van der Waals surface area contributed by atoms with Crippen LogP contribution in [0.1, 0.15) is 62.1 Å². The van der Waals surface area contributed by atoms with E-state index in [2.05, 4.69) is 29.0 Å². The molecule has 2 aliphatic heterocycles. The van der Waals surface area contributed by atoms with E-state index in [9.17, 15) is 9.59 Å². The van der Waals surface area contributed by atoms with Gasteiger partial charge >= 0.3 is 0 Å². The van der Waals surface area contributed by atoms with Crippen molar-refractivity contribution < 1.29 is 9.59 Å². The number of nitrogens with one attached hydrogen (secondary N) is 1. The number of nitrogens with zero attached hydrogens (tertiary/aromatic N) is 2. The van der Waals surface area contributed by atoms with Gasteiger partial charge in [-0.3, -0.25) is 14.5 Å². The van der Waals surface area contributed by atoms with Crippen LogP contribution in [0.3, 0.4) is 0 Å². The molecule has 0 aromatic heterocycles. The molecule has 2 saturated heterocycles. The molecule has 5 nitrogen and oxygen atoms in total. The number of amides is 1. The normalized spacial score (nSPS) is 25.3. The number of rotatable bonds is 6. The highest BCUT2D eigenvalue weighted by molar-refractivity contribution is 6.30. The Morgan fingerprint density at radius 2 is 1.84 bits per heavy atom. The van der Waals surface area contributed by atoms with Crippen LogP contribution in [0.4, 0.5) is 0 Å². The summed E-state index contributed by atoms with van der Waals surface area (Å²) in [5.74, 6) is 0.880. The summed E-state index contributed by atoms with van der Waals surface area (Å²) in [6.45, 7) is 8.59. The molecule has 0 unspecified atom stereocenters. The summed E-state index contributed by atoms with van der Waals surface area (Å²) in [5, 5.41) is 4.01. The van der Waals surface area contributed by atoms with Gasteiger partial charge in [-0.1, -0.05) is 24.4 Å². The van der Waals surface area contributed by atoms with Crippen molar-refractivity contribution in [2.75, 3.05) is 26.2 Å². The van der Waals surface area contributed by atoms with E-state index in [0.29, 0.717) is 17.4 Å². The van der Waals surface area contributed by atoms with Crippen molar-refractivity contribution >= 4 is 23.3 Å². The molecule has 3 aliphatic rings. The second-order valence-corrected chi connectivity index (χ2v) is 10.2. The van der Waals surface area contributed by atoms with Crippen molar-refractivity contribution in [1.82, 2.24) is 15.1 Å². The monoisotopic (exact) mass is 445 g/mol. The van der Waals surface area contributed by atoms with Crippen LogP contribution in [-0.4, -0.2) is 59.8 Å². The van der Waals surface area contributed by atoms with Crippen LogP contribution in [0.25, 0.3) is 0 Å². The quantitative estimate of drug-likeness (QED) is 0.724. The van der Waals surface area contributed by atoms with Crippen LogP contribution in [-0.2, 0) is 22.6 Å². The first-order chi connectivity index (χ1) is 14.9. The zero-order chi connectivity index (χ0) is 22.0. The van der Waals surface area contributed by atoms with Gasteiger partial charge in [0.25, 0.3) is 0 Å². The van der Waals surface area contributed by atoms with E-state index in [4.69, 9.17) is 11.6 Å². The molecule has 4 rings (SSSR count). The molecule has 1 amide bonds. The Hall–Kier alpha value is -1.43. The summed E-state index contributed by atoms with van der Waals surface area (Å²) in [6.07, 6.45) is 6.96. The lowest BCUT2D eigenvalue weighted by molar-refractivity contribution is -0.140. The molecule has 6 heteroatoms. The van der Waals surface area contributed by atoms with Crippen molar-refractivity contribution in [1.29, 1.82) is 0 Å². The Balaban J connectivity index is 1.39. The van der Waals surface area contributed by atoms with Gasteiger partial charge in [-0.2, -0.15) is 0 Å². The summed E-state index contributed by atoms with van der Waals surface area (Å²) in [5.41, 5.74) is 3.41. The zero-order valence-electron chi connectivity index (χ0n) is 19.0. The molecule has 0 spiro atoms. The third-order valence-electron chi connectivity index (χ3n) is 7.49. The minimum absolute atomic E-state index is 0.00633. The fourth-order valence-electron chi connectivity index (χ4n) is 5.57. The smallest absolute Gasteiger partial charge is 0.226 e. The average molecular weight is 446 g/mol. The second-order valence-electron chi connectivity index (χ2n) is 9.74. The largest absolute Gasteiger partial charge is 0.337 e. The number of carbonyl (C=O) groups is 2. The lowest BCUT2D eigenvalue weighted by atomic mass is 9.95. The number of carbonyl (C=O) groups excluding carboxylic acids is 2. The molecule has 1 aromatic rings. The standard InChI is InChI=1S/C25H36ClN3O2/c1-17-15-28(10-11-29(17)25(31)19-6-3-4-7-19)16-21-13-22(26)12-20(18(21)2)14-24(30)23-8-5-9-27-23/h12-13,17,19,23,27H,3-11,14-16H2,1-2H3/t17-,23+/m0/s1. The Morgan fingerprint density at radius 1 is 1.10 bits per heavy atom. The number of piperazine rings is 1. The number of Topliss-reactive ketones (excluding diaryl/α,β-unsaturated/α-hetero) is 1. The van der Waals surface area contributed by atoms with Gasteiger partial charge in [-0.25, -0.2) is 0 Å². The third-order valence-corrected chi connectivity index (χ3v) is 7.71. The first-order valence-electron chi connectivity index (χ1n) is 12.0. The van der Waals surface area contributed by atoms with Crippen molar-refractivity contribution in [3.05, 3.63) is 33.8 Å². The van der Waals surface area contributed by atoms with E-state index in [-0.39, 0.29) is 23.8 Å². The second kappa shape index (κ2) is 10.0. The van der Waals surface area contributed by atoms with E-state index in [1.54, 1.807) is 0 Å². The summed E-state index contributed by atoms with van der Waals surface area (Å²) in [4.78, 5) is 30.1. The van der Waals surface area contributed by atoms with Gasteiger partial charge in [0.2, 0.25) is 5.91 Å². The molecule has 2 atom stereocenters. The van der Waals surface area contributed by atoms with Crippen LogP contribution < -0.4 is 5.32 Å². The number of benzene rings is 1. The molecule has 31 heavy (non-hydrogen) atoms. The fraction of sp³-hybridized carbons (Fsp3) is 0.680. The van der Waals surface area contributed by atoms with Gasteiger partial charge in [-0.05, 0) is 74.9 Å². The Labute approximate surface area is 191 Å². The van der Waals surface area contributed by atoms with Crippen LogP contribution in [0.5, 0.6) is 0 Å². The Morgan fingerprint density at radius 3 is 2.52 bits per heavy atom. The van der Waals surface area contributed by atoms with Gasteiger partial charge in [0, 0.05) is 49.6 Å². The Kier molecular flexibility index (Phi) is 7.35. The van der Waals surface area contributed by atoms with E-state index >= 15 is 0 Å². The maximum Gasteiger partial charge on any atom is 0.226 e. The fourth-order valence-corrected chi connectivity index (χ4v) is 5.83. The van der Waals surface area contributed by atoms with Gasteiger partial charge in [0.15, 0.2) is 5.78 Å². The number of halogens is 1. The molecular weight excluding hydrogens is 410 g/mol. The SMILES string of the molecule is Cc1c(CC(=O)[C@H]2CCCN2)cc(Cl)cc1CN1CCN(C(=O)C2CCCC2)[C@@H](C)C1. The van der Waals surface area contributed by atoms with Crippen LogP contribution in [0.15, 0.2) is 12.1 Å². The van der Waals surface area contributed by atoms with Crippen LogP contribution in [0.2, 0.25) is 5.02 Å². The summed E-state index contributed by atoms with van der Waals surface area (Å²) in [6, 6.07) is 4.22. The van der Waals surface area contributed by atoms with Crippen molar-refractivity contribution in [3.8, 4) is 0 Å². The predicted molar refractivity (Wildman–Crippen MR) is 124 cm³/mol. The molecule has 2 heterocycles. The summed E-state index contributed by atoms with van der Waals surface area (Å²) >= 11 is 6.45. The zero-order valence-corrected chi connectivity index (χ0v) is 19.7. The topological polar surface area (TPSA) is 52.7 Å². The number of hydrogen-bond donors (Lipinski definition) is 1. The maximum absolute atomic E-state index is 12.9. The van der Waals surface area contributed by atoms with Gasteiger partial charge < -0.3 is 10.2 Å². The van der Waals surface area contributed by atoms with E-state index < -0.39 is 0 Å². The van der Waals surface area contributed by atoms with E-state index in [0.717, 1.165) is 64.0 Å². The molecule has 3 fully saturated rings. The molecule has 1 N–H and O–H groups in total. The summed E-state index contributed by atoms with van der Waals surface area (Å²) in [7, 11) is 0. The highest BCUT2D eigenvalue weighted by Crippen LogP contribution is 2.29. The van der Waals surface area contributed by atoms with Crippen molar-refractivity contribution in [2.24, 2.45) is 5.92 Å². The maximum atomic E-state index is 12.9. The molecule has 0 radical (unpaired) electrons. The van der Waals surface area contributed by atoms with Crippen LogP contribution >= 0.6 is 11.6 Å². The van der Waals surface area contributed by atoms with E-state index in [1.165, 1.54) is 24.0 Å². The molecule has 1 saturated carbocycles. The third kappa shape index (κ3) is 5.32. The van der Waals surface area contributed by atoms with Gasteiger partial charge in [0.1, 0.15) is 0 Å². The minimum atomic E-state index is -0.00633. The van der Waals surface area contributed by atoms with Gasteiger partial charge in [-0.15, -0.1) is 0 Å². The first-order valence-corrected chi connectivity index (χ1v) is 12.4. The lowest BCUT2D eigenvalue weighted by Crippen LogP contribution is -2.54. The molecule has 1 aromatic carbocycles. The molecule has 170 valence electrons. The Bertz CT molecular complexity index is 815. The van der Waals surface area contributed by atoms with Gasteiger partial charge in [0.05, 0.1) is 6.04 Å². The number of ketones is 1. The first kappa shape index (κ1) is 22.8. The molecular formula is C25H36ClN3O2. The van der Waals surface area contributed by atoms with E-state index in [1.807, 2.05) is 12.1 Å². The average Bonchev–Trinajstić information content (AvgIpc) is 3.45. The van der Waals surface area contributed by atoms with Crippen LogP contribution in [0, 0.1) is 12.8 Å². The highest BCUT2D eigenvalue weighted by atomic mass is 35.5.